The van der Waals surface area contributed by atoms with Gasteiger partial charge < -0.3 is 5.73 Å². The SMILES string of the molecule is NCCC1=C=CC=C1. The normalized spacial score (nSPS) is 14.9. The van der Waals surface area contributed by atoms with Crippen molar-refractivity contribution in [1.29, 1.82) is 0 Å². The largest absolute Gasteiger partial charge is 0.330 e. The molecule has 1 nitrogen and oxygen atoms in total. The predicted octanol–water partition coefficient (Wildman–Crippen LogP) is 0.987. The van der Waals surface area contributed by atoms with Crippen LogP contribution in [-0.4, -0.2) is 6.54 Å². The Hall–Kier alpha value is -0.780. The maximum atomic E-state index is 5.30. The summed E-state index contributed by atoms with van der Waals surface area (Å²) in [5.41, 5.74) is 9.57. The highest BCUT2D eigenvalue weighted by Crippen LogP contribution is 2.03. The molecular formula is C7H9N. The second kappa shape index (κ2) is 2.51. The molecule has 1 aliphatic rings. The maximum Gasteiger partial charge on any atom is -0.00306 e. The number of hydrogen-bond acceptors (Lipinski definition) is 1. The lowest BCUT2D eigenvalue weighted by Gasteiger charge is -1.88. The van der Waals surface area contributed by atoms with Gasteiger partial charge in [0.05, 0.1) is 0 Å². The van der Waals surface area contributed by atoms with E-state index in [-0.39, 0.29) is 0 Å². The van der Waals surface area contributed by atoms with Gasteiger partial charge >= 0.3 is 0 Å². The molecule has 0 aromatic heterocycles. The number of hydrogen-bond donors (Lipinski definition) is 1. The van der Waals surface area contributed by atoms with E-state index < -0.39 is 0 Å². The van der Waals surface area contributed by atoms with Crippen molar-refractivity contribution < 1.29 is 0 Å². The van der Waals surface area contributed by atoms with Crippen LogP contribution in [0.25, 0.3) is 0 Å². The molecule has 0 amide bonds. The Kier molecular flexibility index (Phi) is 1.68. The zero-order chi connectivity index (χ0) is 5.82. The van der Waals surface area contributed by atoms with Crippen LogP contribution in [0.5, 0.6) is 0 Å². The summed E-state index contributed by atoms with van der Waals surface area (Å²) in [5.74, 6) is 0. The van der Waals surface area contributed by atoms with Crippen molar-refractivity contribution in [2.45, 2.75) is 6.42 Å². The smallest absolute Gasteiger partial charge is 0.00306 e. The van der Waals surface area contributed by atoms with Crippen molar-refractivity contribution in [3.63, 3.8) is 0 Å². The molecule has 0 saturated carbocycles. The zero-order valence-electron chi connectivity index (χ0n) is 4.72. The fraction of sp³-hybridized carbons (Fsp3) is 0.286. The Morgan fingerprint density at radius 1 is 1.62 bits per heavy atom. The summed E-state index contributed by atoms with van der Waals surface area (Å²) in [4.78, 5) is 0. The van der Waals surface area contributed by atoms with E-state index in [4.69, 9.17) is 5.73 Å². The Morgan fingerprint density at radius 2 is 2.50 bits per heavy atom. The number of nitrogens with two attached hydrogens (primary N) is 1. The van der Waals surface area contributed by atoms with Gasteiger partial charge in [0.25, 0.3) is 0 Å². The first-order valence-corrected chi connectivity index (χ1v) is 2.76. The molecule has 42 valence electrons. The van der Waals surface area contributed by atoms with Crippen molar-refractivity contribution in [2.24, 2.45) is 5.73 Å². The third-order valence-corrected chi connectivity index (χ3v) is 1.08. The molecule has 1 aliphatic carbocycles. The van der Waals surface area contributed by atoms with E-state index in [1.54, 1.807) is 0 Å². The number of rotatable bonds is 2. The van der Waals surface area contributed by atoms with Crippen LogP contribution in [0.2, 0.25) is 0 Å². The van der Waals surface area contributed by atoms with Gasteiger partial charge in [0.2, 0.25) is 0 Å². The molecule has 8 heavy (non-hydrogen) atoms. The van der Waals surface area contributed by atoms with E-state index in [0.29, 0.717) is 0 Å². The van der Waals surface area contributed by atoms with Crippen LogP contribution in [0.4, 0.5) is 0 Å². The van der Waals surface area contributed by atoms with Gasteiger partial charge in [0.1, 0.15) is 0 Å². The molecule has 0 spiro atoms. The molecule has 0 aromatic carbocycles. The van der Waals surface area contributed by atoms with Crippen LogP contribution in [0.1, 0.15) is 6.42 Å². The molecule has 0 fully saturated rings. The zero-order valence-corrected chi connectivity index (χ0v) is 4.72. The first kappa shape index (κ1) is 5.36. The molecule has 0 atom stereocenters. The molecule has 0 radical (unpaired) electrons. The third kappa shape index (κ3) is 1.09. The van der Waals surface area contributed by atoms with Crippen LogP contribution in [0.3, 0.4) is 0 Å². The van der Waals surface area contributed by atoms with Gasteiger partial charge in [-0.05, 0) is 24.6 Å². The monoisotopic (exact) mass is 107 g/mol. The van der Waals surface area contributed by atoms with E-state index in [9.17, 15) is 0 Å². The van der Waals surface area contributed by atoms with Crippen LogP contribution < -0.4 is 5.73 Å². The maximum absolute atomic E-state index is 5.30. The Morgan fingerprint density at radius 3 is 3.00 bits per heavy atom. The standard InChI is InChI=1S/C7H9N/c8-6-5-7-3-1-2-4-7/h1-3H,5-6,8H2. The van der Waals surface area contributed by atoms with Crippen LogP contribution in [0, 0.1) is 0 Å². The highest BCUT2D eigenvalue weighted by Gasteiger charge is 1.89. The minimum Gasteiger partial charge on any atom is -0.330 e. The average molecular weight is 107 g/mol. The summed E-state index contributed by atoms with van der Waals surface area (Å²) < 4.78 is 0. The minimum atomic E-state index is 0.723. The lowest BCUT2D eigenvalue weighted by molar-refractivity contribution is 0.978. The van der Waals surface area contributed by atoms with Gasteiger partial charge in [-0.25, -0.2) is 0 Å². The van der Waals surface area contributed by atoms with E-state index >= 15 is 0 Å². The second-order valence-electron chi connectivity index (χ2n) is 1.73. The molecule has 0 unspecified atom stereocenters. The van der Waals surface area contributed by atoms with Gasteiger partial charge in [-0.15, -0.1) is 5.73 Å². The fourth-order valence-corrected chi connectivity index (χ4v) is 0.679. The summed E-state index contributed by atoms with van der Waals surface area (Å²) in [7, 11) is 0. The van der Waals surface area contributed by atoms with E-state index in [1.165, 1.54) is 5.57 Å². The first-order valence-electron chi connectivity index (χ1n) is 2.76. The summed E-state index contributed by atoms with van der Waals surface area (Å²) in [6, 6.07) is 0. The Bertz CT molecular complexity index is 159. The molecule has 0 saturated heterocycles. The highest BCUT2D eigenvalue weighted by atomic mass is 14.5. The van der Waals surface area contributed by atoms with Gasteiger partial charge in [0.15, 0.2) is 0 Å². The van der Waals surface area contributed by atoms with E-state index in [1.807, 2.05) is 18.2 Å². The van der Waals surface area contributed by atoms with Gasteiger partial charge in [-0.2, -0.15) is 0 Å². The fourth-order valence-electron chi connectivity index (χ4n) is 0.679. The number of allylic oxidation sites excluding steroid dienone is 2. The second-order valence-corrected chi connectivity index (χ2v) is 1.73. The van der Waals surface area contributed by atoms with Crippen molar-refractivity contribution in [1.82, 2.24) is 0 Å². The summed E-state index contributed by atoms with van der Waals surface area (Å²) >= 11 is 0. The van der Waals surface area contributed by atoms with Crippen molar-refractivity contribution in [3.8, 4) is 0 Å². The Balaban J connectivity index is 2.48. The summed E-state index contributed by atoms with van der Waals surface area (Å²) in [5, 5.41) is 0. The average Bonchev–Trinajstić information content (AvgIpc) is 2.19. The Labute approximate surface area is 49.2 Å². The van der Waals surface area contributed by atoms with Crippen molar-refractivity contribution in [2.75, 3.05) is 6.54 Å². The topological polar surface area (TPSA) is 26.0 Å². The van der Waals surface area contributed by atoms with Gasteiger partial charge in [-0.1, -0.05) is 12.2 Å². The first-order chi connectivity index (χ1) is 3.93. The summed E-state index contributed by atoms with van der Waals surface area (Å²) in [6.07, 6.45) is 6.87. The van der Waals surface area contributed by atoms with Crippen molar-refractivity contribution >= 4 is 0 Å². The lowest BCUT2D eigenvalue weighted by Crippen LogP contribution is -1.97. The molecule has 1 heteroatoms. The molecule has 2 N–H and O–H groups in total. The van der Waals surface area contributed by atoms with Crippen molar-refractivity contribution in [3.05, 3.63) is 29.5 Å². The molecule has 0 bridgehead atoms. The van der Waals surface area contributed by atoms with Gasteiger partial charge in [0, 0.05) is 0 Å². The highest BCUT2D eigenvalue weighted by molar-refractivity contribution is 5.28. The molecule has 0 aromatic rings. The van der Waals surface area contributed by atoms with Crippen LogP contribution in [0.15, 0.2) is 29.5 Å². The lowest BCUT2D eigenvalue weighted by atomic mass is 10.2. The molecule has 0 aliphatic heterocycles. The third-order valence-electron chi connectivity index (χ3n) is 1.08. The van der Waals surface area contributed by atoms with Crippen LogP contribution in [-0.2, 0) is 0 Å². The van der Waals surface area contributed by atoms with E-state index in [0.717, 1.165) is 13.0 Å². The molecule has 1 rings (SSSR count). The molecular weight excluding hydrogens is 98.1 g/mol. The van der Waals surface area contributed by atoms with Gasteiger partial charge in [-0.3, -0.25) is 0 Å². The predicted molar refractivity (Wildman–Crippen MR) is 34.4 cm³/mol. The summed E-state index contributed by atoms with van der Waals surface area (Å²) in [6.45, 7) is 0.723. The quantitative estimate of drug-likeness (QED) is 0.523. The van der Waals surface area contributed by atoms with E-state index in [2.05, 4.69) is 5.73 Å². The van der Waals surface area contributed by atoms with Crippen LogP contribution >= 0.6 is 0 Å². The molecule has 0 heterocycles. The minimum absolute atomic E-state index is 0.723.